The van der Waals surface area contributed by atoms with Crippen molar-refractivity contribution in [1.82, 2.24) is 15.5 Å². The van der Waals surface area contributed by atoms with Crippen molar-refractivity contribution in [3.8, 4) is 0 Å². The van der Waals surface area contributed by atoms with E-state index >= 15 is 0 Å². The lowest BCUT2D eigenvalue weighted by atomic mass is 10.2. The number of fused-ring (bicyclic) bond motifs is 1. The number of hydrogen-bond donors (Lipinski definition) is 2. The lowest BCUT2D eigenvalue weighted by Crippen LogP contribution is -2.21. The summed E-state index contributed by atoms with van der Waals surface area (Å²) in [6.07, 6.45) is 2.96. The highest BCUT2D eigenvalue weighted by atomic mass is 32.1. The minimum absolute atomic E-state index is 0.106. The summed E-state index contributed by atoms with van der Waals surface area (Å²) in [5.74, 6) is -0.457. The number of carbonyl (C=O) groups is 2. The standard InChI is InChI=1S/C11H10N4O3S/c16-9(7-3-5-13-18-7)15-11-14-6-2-1-4-12-10(17)8(6)19-11/h3,5H,1-2,4H2,(H,12,17)(H,14,15,16). The molecule has 0 aromatic carbocycles. The summed E-state index contributed by atoms with van der Waals surface area (Å²) in [5, 5.41) is 9.23. The van der Waals surface area contributed by atoms with E-state index in [1.54, 1.807) is 0 Å². The first-order chi connectivity index (χ1) is 9.24. The Kier molecular flexibility index (Phi) is 3.00. The average Bonchev–Trinajstić information content (AvgIpc) is 3.01. The molecule has 3 heterocycles. The minimum Gasteiger partial charge on any atom is -0.351 e. The van der Waals surface area contributed by atoms with Crippen LogP contribution < -0.4 is 10.6 Å². The third-order valence-corrected chi connectivity index (χ3v) is 3.67. The lowest BCUT2D eigenvalue weighted by molar-refractivity contribution is 0.0957. The summed E-state index contributed by atoms with van der Waals surface area (Å²) in [5.41, 5.74) is 0.730. The molecule has 0 aliphatic carbocycles. The predicted octanol–water partition coefficient (Wildman–Crippen LogP) is 1.06. The third-order valence-electron chi connectivity index (χ3n) is 2.66. The van der Waals surface area contributed by atoms with Crippen LogP contribution in [0.25, 0.3) is 0 Å². The van der Waals surface area contributed by atoms with Gasteiger partial charge in [0.05, 0.1) is 11.9 Å². The van der Waals surface area contributed by atoms with Gasteiger partial charge in [-0.3, -0.25) is 14.9 Å². The first-order valence-corrected chi connectivity index (χ1v) is 6.55. The Morgan fingerprint density at radius 3 is 3.21 bits per heavy atom. The molecule has 0 bridgehead atoms. The molecule has 0 saturated heterocycles. The Morgan fingerprint density at radius 2 is 2.42 bits per heavy atom. The van der Waals surface area contributed by atoms with E-state index in [9.17, 15) is 9.59 Å². The van der Waals surface area contributed by atoms with Crippen molar-refractivity contribution in [2.24, 2.45) is 0 Å². The fourth-order valence-corrected chi connectivity index (χ4v) is 2.71. The van der Waals surface area contributed by atoms with E-state index < -0.39 is 5.91 Å². The zero-order chi connectivity index (χ0) is 13.2. The first kappa shape index (κ1) is 11.8. The monoisotopic (exact) mass is 278 g/mol. The van der Waals surface area contributed by atoms with E-state index in [4.69, 9.17) is 4.52 Å². The van der Waals surface area contributed by atoms with Gasteiger partial charge in [0.1, 0.15) is 4.88 Å². The second-order valence-corrected chi connectivity index (χ2v) is 4.98. The van der Waals surface area contributed by atoms with E-state index in [2.05, 4.69) is 20.8 Å². The van der Waals surface area contributed by atoms with Gasteiger partial charge < -0.3 is 9.84 Å². The van der Waals surface area contributed by atoms with Crippen molar-refractivity contribution in [2.45, 2.75) is 12.8 Å². The molecule has 2 amide bonds. The van der Waals surface area contributed by atoms with E-state index in [1.807, 2.05) is 0 Å². The number of aryl methyl sites for hydroxylation is 1. The second kappa shape index (κ2) is 4.81. The summed E-state index contributed by atoms with van der Waals surface area (Å²) in [6.45, 7) is 0.654. The van der Waals surface area contributed by atoms with E-state index in [0.29, 0.717) is 16.6 Å². The zero-order valence-corrected chi connectivity index (χ0v) is 10.6. The van der Waals surface area contributed by atoms with Gasteiger partial charge in [-0.1, -0.05) is 16.5 Å². The van der Waals surface area contributed by atoms with E-state index in [1.165, 1.54) is 23.6 Å². The van der Waals surface area contributed by atoms with Crippen molar-refractivity contribution in [3.63, 3.8) is 0 Å². The molecule has 0 saturated carbocycles. The number of nitrogens with zero attached hydrogens (tertiary/aromatic N) is 2. The molecule has 0 fully saturated rings. The molecule has 7 nitrogen and oxygen atoms in total. The molecule has 0 spiro atoms. The highest BCUT2D eigenvalue weighted by molar-refractivity contribution is 7.17. The second-order valence-electron chi connectivity index (χ2n) is 3.99. The highest BCUT2D eigenvalue weighted by Gasteiger charge is 2.22. The molecule has 0 radical (unpaired) electrons. The van der Waals surface area contributed by atoms with Gasteiger partial charge >= 0.3 is 0 Å². The van der Waals surface area contributed by atoms with Crippen LogP contribution in [0.3, 0.4) is 0 Å². The third kappa shape index (κ3) is 2.34. The van der Waals surface area contributed by atoms with Gasteiger partial charge in [-0.2, -0.15) is 0 Å². The van der Waals surface area contributed by atoms with Crippen molar-refractivity contribution < 1.29 is 14.1 Å². The van der Waals surface area contributed by atoms with Gasteiger partial charge in [-0.05, 0) is 12.8 Å². The van der Waals surface area contributed by atoms with Crippen molar-refractivity contribution in [3.05, 3.63) is 28.6 Å². The van der Waals surface area contributed by atoms with Gasteiger partial charge in [0, 0.05) is 12.6 Å². The Hall–Kier alpha value is -2.22. The topological polar surface area (TPSA) is 97.1 Å². The molecule has 1 aliphatic rings. The Morgan fingerprint density at radius 1 is 1.53 bits per heavy atom. The van der Waals surface area contributed by atoms with Crippen LogP contribution in [0.2, 0.25) is 0 Å². The van der Waals surface area contributed by atoms with Crippen molar-refractivity contribution in [2.75, 3.05) is 11.9 Å². The zero-order valence-electron chi connectivity index (χ0n) is 9.80. The van der Waals surface area contributed by atoms with Gasteiger partial charge in [0.2, 0.25) is 5.76 Å². The van der Waals surface area contributed by atoms with E-state index in [0.717, 1.165) is 18.5 Å². The van der Waals surface area contributed by atoms with Gasteiger partial charge in [-0.25, -0.2) is 4.98 Å². The highest BCUT2D eigenvalue weighted by Crippen LogP contribution is 2.25. The number of thiazole rings is 1. The molecule has 2 N–H and O–H groups in total. The molecule has 1 aliphatic heterocycles. The summed E-state index contributed by atoms with van der Waals surface area (Å²) >= 11 is 1.17. The normalized spacial score (nSPS) is 14.4. The van der Waals surface area contributed by atoms with Crippen LogP contribution in [-0.2, 0) is 6.42 Å². The molecule has 2 aromatic rings. The molecule has 8 heteroatoms. The maximum atomic E-state index is 11.8. The Bertz CT molecular complexity index is 620. The molecule has 19 heavy (non-hydrogen) atoms. The molecule has 0 atom stereocenters. The summed E-state index contributed by atoms with van der Waals surface area (Å²) in [6, 6.07) is 1.46. The molecule has 0 unspecified atom stereocenters. The van der Waals surface area contributed by atoms with Gasteiger partial charge in [0.15, 0.2) is 5.13 Å². The quantitative estimate of drug-likeness (QED) is 0.856. The minimum atomic E-state index is -0.429. The fraction of sp³-hybridized carbons (Fsp3) is 0.273. The summed E-state index contributed by atoms with van der Waals surface area (Å²) < 4.78 is 4.75. The number of nitrogens with one attached hydrogen (secondary N) is 2. The summed E-state index contributed by atoms with van der Waals surface area (Å²) in [7, 11) is 0. The smallest absolute Gasteiger partial charge is 0.296 e. The Labute approximate surface area is 112 Å². The van der Waals surface area contributed by atoms with Crippen LogP contribution in [0.15, 0.2) is 16.8 Å². The molecular formula is C11H10N4O3S. The average molecular weight is 278 g/mol. The maximum absolute atomic E-state index is 11.8. The molecule has 3 rings (SSSR count). The SMILES string of the molecule is O=C(Nc1nc2c(s1)C(=O)NCCC2)c1ccno1. The van der Waals surface area contributed by atoms with Gasteiger partial charge in [0.25, 0.3) is 11.8 Å². The number of carbonyl (C=O) groups excluding carboxylic acids is 2. The number of aromatic nitrogens is 2. The van der Waals surface area contributed by atoms with Crippen LogP contribution in [0.1, 0.15) is 32.3 Å². The predicted molar refractivity (Wildman–Crippen MR) is 67.2 cm³/mol. The lowest BCUT2D eigenvalue weighted by Gasteiger charge is -1.98. The largest absolute Gasteiger partial charge is 0.351 e. The number of rotatable bonds is 2. The molecular weight excluding hydrogens is 268 g/mol. The number of amides is 2. The maximum Gasteiger partial charge on any atom is 0.296 e. The molecule has 2 aromatic heterocycles. The van der Waals surface area contributed by atoms with E-state index in [-0.39, 0.29) is 11.7 Å². The van der Waals surface area contributed by atoms with Crippen molar-refractivity contribution in [1.29, 1.82) is 0 Å². The van der Waals surface area contributed by atoms with Crippen molar-refractivity contribution >= 4 is 28.3 Å². The summed E-state index contributed by atoms with van der Waals surface area (Å²) in [4.78, 5) is 28.3. The van der Waals surface area contributed by atoms with Crippen LogP contribution in [0.4, 0.5) is 5.13 Å². The van der Waals surface area contributed by atoms with Crippen LogP contribution in [-0.4, -0.2) is 28.5 Å². The fourth-order valence-electron chi connectivity index (χ4n) is 1.78. The Balaban J connectivity index is 1.81. The van der Waals surface area contributed by atoms with Crippen LogP contribution in [0.5, 0.6) is 0 Å². The van der Waals surface area contributed by atoms with Gasteiger partial charge in [-0.15, -0.1) is 0 Å². The number of anilines is 1. The molecule has 98 valence electrons. The van der Waals surface area contributed by atoms with Crippen LogP contribution in [0, 0.1) is 0 Å². The number of hydrogen-bond acceptors (Lipinski definition) is 6. The first-order valence-electron chi connectivity index (χ1n) is 5.74. The van der Waals surface area contributed by atoms with Crippen LogP contribution >= 0.6 is 11.3 Å².